The van der Waals surface area contributed by atoms with Gasteiger partial charge in [0, 0.05) is 13.0 Å². The first-order valence-corrected chi connectivity index (χ1v) is 8.26. The summed E-state index contributed by atoms with van der Waals surface area (Å²) in [7, 11) is 1.68. The van der Waals surface area contributed by atoms with Crippen LogP contribution in [0.25, 0.3) is 0 Å². The van der Waals surface area contributed by atoms with E-state index in [9.17, 15) is 0 Å². The van der Waals surface area contributed by atoms with Crippen LogP contribution < -0.4 is 0 Å². The molecule has 1 aliphatic carbocycles. The Labute approximate surface area is 137 Å². The second-order valence-electron chi connectivity index (χ2n) is 5.30. The van der Waals surface area contributed by atoms with Crippen molar-refractivity contribution in [2.75, 3.05) is 7.11 Å². The van der Waals surface area contributed by atoms with Crippen molar-refractivity contribution in [2.45, 2.75) is 31.8 Å². The number of hydrogen-bond acceptors (Lipinski definition) is 3. The Hall–Kier alpha value is -1.04. The monoisotopic (exact) mass is 364 g/mol. The molecule has 1 aliphatic rings. The molecule has 0 fully saturated rings. The quantitative estimate of drug-likeness (QED) is 0.813. The maximum atomic E-state index is 5.38. The molecule has 1 aromatic carbocycles. The highest BCUT2D eigenvalue weighted by molar-refractivity contribution is 9.10. The van der Waals surface area contributed by atoms with E-state index in [0.717, 1.165) is 28.8 Å². The number of benzene rings is 1. The lowest BCUT2D eigenvalue weighted by atomic mass is 9.82. The number of nitrogens with zero attached hydrogens (tertiary/aromatic N) is 1. The first-order chi connectivity index (χ1) is 10.2. The number of rotatable bonds is 3. The fourth-order valence-electron chi connectivity index (χ4n) is 2.97. The molecule has 0 saturated heterocycles. The van der Waals surface area contributed by atoms with E-state index in [1.807, 2.05) is 0 Å². The van der Waals surface area contributed by atoms with Crippen molar-refractivity contribution in [3.8, 4) is 0 Å². The standard InChI is InChI=1S/C16H17BrN2OS/c1-20-9-13-14(17)16(21)19-15(18-13)12-8-4-6-10-5-2-3-7-11(10)12/h2-3,5,7,12H,4,6,8-9H2,1H3,(H,18,19,21). The Balaban J connectivity index is 2.08. The molecule has 21 heavy (non-hydrogen) atoms. The van der Waals surface area contributed by atoms with Crippen LogP contribution in [0, 0.1) is 4.64 Å². The molecule has 0 saturated carbocycles. The predicted octanol–water partition coefficient (Wildman–Crippen LogP) is 4.52. The molecule has 1 heterocycles. The molecule has 3 rings (SSSR count). The normalized spacial score (nSPS) is 17.5. The largest absolute Gasteiger partial charge is 0.378 e. The molecule has 0 bridgehead atoms. The second-order valence-corrected chi connectivity index (χ2v) is 6.48. The first-order valence-electron chi connectivity index (χ1n) is 7.06. The molecule has 0 spiro atoms. The van der Waals surface area contributed by atoms with Gasteiger partial charge in [0.25, 0.3) is 0 Å². The van der Waals surface area contributed by atoms with Gasteiger partial charge in [-0.05, 0) is 46.3 Å². The molecule has 1 N–H and O–H groups in total. The van der Waals surface area contributed by atoms with E-state index in [1.165, 1.54) is 17.5 Å². The van der Waals surface area contributed by atoms with Crippen LogP contribution in [0.5, 0.6) is 0 Å². The fraction of sp³-hybridized carbons (Fsp3) is 0.375. The summed E-state index contributed by atoms with van der Waals surface area (Å²) >= 11 is 8.87. The zero-order valence-corrected chi connectivity index (χ0v) is 14.3. The number of fused-ring (bicyclic) bond motifs is 1. The van der Waals surface area contributed by atoms with Crippen LogP contribution in [-0.4, -0.2) is 17.1 Å². The van der Waals surface area contributed by atoms with Crippen LogP contribution in [0.2, 0.25) is 0 Å². The van der Waals surface area contributed by atoms with Crippen molar-refractivity contribution in [1.29, 1.82) is 0 Å². The molecule has 1 aromatic heterocycles. The summed E-state index contributed by atoms with van der Waals surface area (Å²) in [4.78, 5) is 8.01. The zero-order valence-electron chi connectivity index (χ0n) is 11.9. The van der Waals surface area contributed by atoms with E-state index in [-0.39, 0.29) is 0 Å². The van der Waals surface area contributed by atoms with Crippen molar-refractivity contribution < 1.29 is 4.74 Å². The average Bonchev–Trinajstić information content (AvgIpc) is 2.51. The third kappa shape index (κ3) is 2.96. The number of aryl methyl sites for hydroxylation is 1. The third-order valence-electron chi connectivity index (χ3n) is 3.94. The molecule has 0 aliphatic heterocycles. The van der Waals surface area contributed by atoms with Crippen molar-refractivity contribution in [3.05, 3.63) is 56.0 Å². The van der Waals surface area contributed by atoms with Gasteiger partial charge in [0.05, 0.1) is 16.8 Å². The number of hydrogen-bond donors (Lipinski definition) is 1. The number of H-pyrrole nitrogens is 1. The number of aromatic nitrogens is 2. The summed E-state index contributed by atoms with van der Waals surface area (Å²) in [6, 6.07) is 8.62. The van der Waals surface area contributed by atoms with Gasteiger partial charge in [-0.3, -0.25) is 0 Å². The van der Waals surface area contributed by atoms with Gasteiger partial charge in [0.1, 0.15) is 10.5 Å². The highest BCUT2D eigenvalue weighted by atomic mass is 79.9. The third-order valence-corrected chi connectivity index (χ3v) is 5.35. The van der Waals surface area contributed by atoms with Crippen molar-refractivity contribution in [2.24, 2.45) is 0 Å². The maximum Gasteiger partial charge on any atom is 0.144 e. The van der Waals surface area contributed by atoms with Crippen LogP contribution in [-0.2, 0) is 17.8 Å². The van der Waals surface area contributed by atoms with Gasteiger partial charge in [-0.25, -0.2) is 4.98 Å². The molecular formula is C16H17BrN2OS. The highest BCUT2D eigenvalue weighted by Gasteiger charge is 2.24. The van der Waals surface area contributed by atoms with Gasteiger partial charge < -0.3 is 9.72 Å². The smallest absolute Gasteiger partial charge is 0.144 e. The topological polar surface area (TPSA) is 37.9 Å². The minimum atomic E-state index is 0.292. The van der Waals surface area contributed by atoms with Gasteiger partial charge in [0.2, 0.25) is 0 Å². The Bertz CT molecular complexity index is 714. The van der Waals surface area contributed by atoms with E-state index in [2.05, 4.69) is 50.2 Å². The second kappa shape index (κ2) is 6.38. The number of nitrogens with one attached hydrogen (secondary N) is 1. The molecule has 0 radical (unpaired) electrons. The van der Waals surface area contributed by atoms with Crippen LogP contribution >= 0.6 is 28.1 Å². The predicted molar refractivity (Wildman–Crippen MR) is 89.1 cm³/mol. The van der Waals surface area contributed by atoms with E-state index >= 15 is 0 Å². The lowest BCUT2D eigenvalue weighted by molar-refractivity contribution is 0.180. The van der Waals surface area contributed by atoms with Gasteiger partial charge in [-0.1, -0.05) is 36.5 Å². The summed E-state index contributed by atoms with van der Waals surface area (Å²) in [6.45, 7) is 0.494. The molecule has 2 aromatic rings. The summed E-state index contributed by atoms with van der Waals surface area (Å²) < 4.78 is 6.66. The Morgan fingerprint density at radius 2 is 2.24 bits per heavy atom. The maximum absolute atomic E-state index is 5.38. The lowest BCUT2D eigenvalue weighted by Crippen LogP contribution is -2.15. The van der Waals surface area contributed by atoms with Crippen molar-refractivity contribution in [3.63, 3.8) is 0 Å². The molecule has 3 nitrogen and oxygen atoms in total. The lowest BCUT2D eigenvalue weighted by Gasteiger charge is -2.25. The Morgan fingerprint density at radius 1 is 1.43 bits per heavy atom. The van der Waals surface area contributed by atoms with E-state index < -0.39 is 0 Å². The van der Waals surface area contributed by atoms with Crippen LogP contribution in [0.3, 0.4) is 0 Å². The molecule has 1 atom stereocenters. The van der Waals surface area contributed by atoms with Crippen molar-refractivity contribution in [1.82, 2.24) is 9.97 Å². The Morgan fingerprint density at radius 3 is 3.05 bits per heavy atom. The van der Waals surface area contributed by atoms with E-state index in [1.54, 1.807) is 7.11 Å². The number of methoxy groups -OCH3 is 1. The average molecular weight is 365 g/mol. The number of aromatic amines is 1. The van der Waals surface area contributed by atoms with Gasteiger partial charge >= 0.3 is 0 Å². The first kappa shape index (κ1) is 14.9. The molecule has 0 amide bonds. The highest BCUT2D eigenvalue weighted by Crippen LogP contribution is 2.35. The van der Waals surface area contributed by atoms with Crippen molar-refractivity contribution >= 4 is 28.1 Å². The van der Waals surface area contributed by atoms with Crippen LogP contribution in [0.1, 0.15) is 41.4 Å². The molecular weight excluding hydrogens is 348 g/mol. The number of ether oxygens (including phenoxy) is 1. The summed E-state index contributed by atoms with van der Waals surface area (Å²) in [5.41, 5.74) is 3.74. The SMILES string of the molecule is COCc1[nH]c(C2CCCc3ccccc32)nc(=S)c1Br. The molecule has 5 heteroatoms. The van der Waals surface area contributed by atoms with Gasteiger partial charge in [-0.2, -0.15) is 0 Å². The fourth-order valence-corrected chi connectivity index (χ4v) is 3.50. The minimum Gasteiger partial charge on any atom is -0.378 e. The van der Waals surface area contributed by atoms with Gasteiger partial charge in [-0.15, -0.1) is 0 Å². The van der Waals surface area contributed by atoms with Crippen LogP contribution in [0.15, 0.2) is 28.7 Å². The minimum absolute atomic E-state index is 0.292. The molecule has 110 valence electrons. The summed E-state index contributed by atoms with van der Waals surface area (Å²) in [5, 5.41) is 0. The molecule has 1 unspecified atom stereocenters. The van der Waals surface area contributed by atoms with E-state index in [4.69, 9.17) is 17.0 Å². The van der Waals surface area contributed by atoms with E-state index in [0.29, 0.717) is 17.2 Å². The summed E-state index contributed by atoms with van der Waals surface area (Å²) in [5.74, 6) is 1.24. The van der Waals surface area contributed by atoms with Gasteiger partial charge in [0.15, 0.2) is 0 Å². The Kier molecular flexibility index (Phi) is 4.52. The zero-order chi connectivity index (χ0) is 14.8. The summed E-state index contributed by atoms with van der Waals surface area (Å²) in [6.07, 6.45) is 3.43. The number of halogens is 1. The van der Waals surface area contributed by atoms with Crippen LogP contribution in [0.4, 0.5) is 0 Å².